The number of hydrogen-bond donors (Lipinski definition) is 2. The molecule has 0 saturated carbocycles. The third kappa shape index (κ3) is 8.25. The van der Waals surface area contributed by atoms with Crippen molar-refractivity contribution in [2.24, 2.45) is 0 Å². The summed E-state index contributed by atoms with van der Waals surface area (Å²) >= 11 is 0. The number of halogens is 4. The molecular weight excluding hydrogens is 496 g/mol. The van der Waals surface area contributed by atoms with Crippen molar-refractivity contribution in [1.82, 2.24) is 30.5 Å². The number of unbranched alkanes of at least 4 members (excludes halogenated alkanes) is 2. The van der Waals surface area contributed by atoms with Crippen LogP contribution >= 0.6 is 0 Å². The first-order valence-corrected chi connectivity index (χ1v) is 12.2. The van der Waals surface area contributed by atoms with Crippen LogP contribution in [0.3, 0.4) is 0 Å². The molecule has 202 valence electrons. The van der Waals surface area contributed by atoms with Crippen molar-refractivity contribution in [2.45, 2.75) is 51.1 Å². The average molecular weight is 527 g/mol. The Hall–Kier alpha value is -3.51. The van der Waals surface area contributed by atoms with Gasteiger partial charge in [-0.05, 0) is 56.4 Å². The molecule has 3 rings (SSSR count). The fourth-order valence-corrected chi connectivity index (χ4v) is 4.01. The van der Waals surface area contributed by atoms with Crippen molar-refractivity contribution in [3.8, 4) is 5.69 Å². The summed E-state index contributed by atoms with van der Waals surface area (Å²) in [6.45, 7) is -0.245. The molecule has 2 N–H and O–H groups in total. The Balaban J connectivity index is 1.68. The molecule has 2 aromatic rings. The molecule has 1 saturated heterocycles. The summed E-state index contributed by atoms with van der Waals surface area (Å²) in [6, 6.07) is 5.71. The van der Waals surface area contributed by atoms with E-state index in [-0.39, 0.29) is 17.2 Å². The fourth-order valence-electron chi connectivity index (χ4n) is 4.01. The zero-order valence-electron chi connectivity index (χ0n) is 20.3. The first kappa shape index (κ1) is 28.1. The van der Waals surface area contributed by atoms with Crippen molar-refractivity contribution >= 4 is 17.7 Å². The highest BCUT2D eigenvalue weighted by molar-refractivity contribution is 5.94. The number of amides is 3. The normalized spacial score (nSPS) is 13.7. The highest BCUT2D eigenvalue weighted by Crippen LogP contribution is 2.18. The fraction of sp³-hybridized carbons (Fsp3) is 0.542. The summed E-state index contributed by atoms with van der Waals surface area (Å²) in [5.41, 5.74) is 1.11. The smallest absolute Gasteiger partial charge is 0.351 e. The summed E-state index contributed by atoms with van der Waals surface area (Å²) < 4.78 is 51.0. The molecular formula is C24H30F4N6O3. The van der Waals surface area contributed by atoms with Crippen LogP contribution in [-0.4, -0.2) is 76.6 Å². The first-order valence-electron chi connectivity index (χ1n) is 12.2. The SMILES string of the molecule is O=C(NCC(F)(F)F)c1ccc(-n2nnc(C(=O)NCCCN3CCCC3=O)c2CCCCCF)cc1. The molecule has 2 heterocycles. The third-order valence-electron chi connectivity index (χ3n) is 5.91. The van der Waals surface area contributed by atoms with Crippen LogP contribution < -0.4 is 10.6 Å². The van der Waals surface area contributed by atoms with Gasteiger partial charge in [0.1, 0.15) is 6.54 Å². The molecule has 3 amide bonds. The van der Waals surface area contributed by atoms with Gasteiger partial charge in [-0.1, -0.05) is 11.6 Å². The number of alkyl halides is 4. The first-order chi connectivity index (χ1) is 17.7. The van der Waals surface area contributed by atoms with Gasteiger partial charge in [-0.15, -0.1) is 5.10 Å². The summed E-state index contributed by atoms with van der Waals surface area (Å²) in [7, 11) is 0. The van der Waals surface area contributed by atoms with E-state index in [2.05, 4.69) is 15.6 Å². The standard InChI is InChI=1S/C24H30F4N6O3/c25-12-3-1-2-6-19-21(23(37)29-13-5-15-33-14-4-7-20(33)35)31-32-34(19)18-10-8-17(9-11-18)22(36)30-16-24(26,27)28/h8-11H,1-7,12-16H2,(H,29,37)(H,30,36). The molecule has 1 fully saturated rings. The number of carbonyl (C=O) groups is 3. The van der Waals surface area contributed by atoms with Crippen LogP contribution in [0.1, 0.15) is 65.1 Å². The Morgan fingerprint density at radius 1 is 1.00 bits per heavy atom. The van der Waals surface area contributed by atoms with Gasteiger partial charge in [-0.2, -0.15) is 13.2 Å². The Kier molecular flexibility index (Phi) is 9.98. The number of benzene rings is 1. The number of carbonyl (C=O) groups excluding carboxylic acids is 3. The highest BCUT2D eigenvalue weighted by Gasteiger charge is 2.28. The summed E-state index contributed by atoms with van der Waals surface area (Å²) in [5.74, 6) is -1.18. The van der Waals surface area contributed by atoms with Crippen LogP contribution in [0.15, 0.2) is 24.3 Å². The number of likely N-dealkylation sites (tertiary alicyclic amines) is 1. The van der Waals surface area contributed by atoms with Crippen LogP contribution in [0.4, 0.5) is 17.6 Å². The van der Waals surface area contributed by atoms with E-state index in [9.17, 15) is 31.9 Å². The third-order valence-corrected chi connectivity index (χ3v) is 5.91. The zero-order valence-corrected chi connectivity index (χ0v) is 20.3. The average Bonchev–Trinajstić information content (AvgIpc) is 3.48. The van der Waals surface area contributed by atoms with Crippen LogP contribution in [0.2, 0.25) is 0 Å². The summed E-state index contributed by atoms with van der Waals surface area (Å²) in [6.07, 6.45) is -0.547. The van der Waals surface area contributed by atoms with E-state index in [4.69, 9.17) is 0 Å². The predicted octanol–water partition coefficient (Wildman–Crippen LogP) is 2.98. The van der Waals surface area contributed by atoms with Crippen LogP contribution in [0.5, 0.6) is 0 Å². The molecule has 0 atom stereocenters. The molecule has 1 aromatic heterocycles. The largest absolute Gasteiger partial charge is 0.405 e. The Labute approximate surface area is 211 Å². The second-order valence-electron chi connectivity index (χ2n) is 8.73. The minimum atomic E-state index is -4.52. The van der Waals surface area contributed by atoms with Crippen LogP contribution in [0, 0.1) is 0 Å². The van der Waals surface area contributed by atoms with E-state index in [1.807, 2.05) is 5.32 Å². The molecule has 9 nitrogen and oxygen atoms in total. The minimum Gasteiger partial charge on any atom is -0.351 e. The minimum absolute atomic E-state index is 0.0343. The second-order valence-corrected chi connectivity index (χ2v) is 8.73. The summed E-state index contributed by atoms with van der Waals surface area (Å²) in [5, 5.41) is 12.7. The predicted molar refractivity (Wildman–Crippen MR) is 126 cm³/mol. The molecule has 0 aliphatic carbocycles. The zero-order chi connectivity index (χ0) is 26.8. The Morgan fingerprint density at radius 2 is 1.76 bits per heavy atom. The molecule has 37 heavy (non-hydrogen) atoms. The maximum atomic E-state index is 12.8. The van der Waals surface area contributed by atoms with Gasteiger partial charge in [-0.25, -0.2) is 4.68 Å². The van der Waals surface area contributed by atoms with Gasteiger partial charge >= 0.3 is 6.18 Å². The van der Waals surface area contributed by atoms with Crippen molar-refractivity contribution in [1.29, 1.82) is 0 Å². The lowest BCUT2D eigenvalue weighted by Crippen LogP contribution is -2.33. The molecule has 0 bridgehead atoms. The highest BCUT2D eigenvalue weighted by atomic mass is 19.4. The van der Waals surface area contributed by atoms with Crippen LogP contribution in [-0.2, 0) is 11.2 Å². The molecule has 0 radical (unpaired) electrons. The van der Waals surface area contributed by atoms with Gasteiger partial charge in [0.2, 0.25) is 5.91 Å². The monoisotopic (exact) mass is 526 g/mol. The van der Waals surface area contributed by atoms with Gasteiger partial charge in [-0.3, -0.25) is 18.8 Å². The Morgan fingerprint density at radius 3 is 2.41 bits per heavy atom. The Bertz CT molecular complexity index is 1070. The van der Waals surface area contributed by atoms with E-state index in [0.717, 1.165) is 13.0 Å². The molecule has 13 heteroatoms. The molecule has 1 aliphatic rings. The number of hydrogen-bond acceptors (Lipinski definition) is 5. The lowest BCUT2D eigenvalue weighted by Gasteiger charge is -2.15. The van der Waals surface area contributed by atoms with Gasteiger partial charge in [0.15, 0.2) is 5.69 Å². The van der Waals surface area contributed by atoms with Crippen molar-refractivity contribution < 1.29 is 31.9 Å². The van der Waals surface area contributed by atoms with Crippen molar-refractivity contribution in [2.75, 3.05) is 32.9 Å². The topological polar surface area (TPSA) is 109 Å². The van der Waals surface area contributed by atoms with Crippen molar-refractivity contribution in [3.05, 3.63) is 41.2 Å². The van der Waals surface area contributed by atoms with E-state index in [1.54, 1.807) is 4.90 Å². The molecule has 0 unspecified atom stereocenters. The summed E-state index contributed by atoms with van der Waals surface area (Å²) in [4.78, 5) is 38.3. The number of nitrogens with one attached hydrogen (secondary N) is 2. The van der Waals surface area contributed by atoms with E-state index < -0.39 is 31.2 Å². The molecule has 1 aromatic carbocycles. The van der Waals surface area contributed by atoms with Gasteiger partial charge in [0.05, 0.1) is 18.1 Å². The van der Waals surface area contributed by atoms with Gasteiger partial charge in [0, 0.05) is 31.6 Å². The maximum Gasteiger partial charge on any atom is 0.405 e. The van der Waals surface area contributed by atoms with E-state index in [1.165, 1.54) is 28.9 Å². The van der Waals surface area contributed by atoms with E-state index >= 15 is 0 Å². The van der Waals surface area contributed by atoms with E-state index in [0.29, 0.717) is 63.0 Å². The van der Waals surface area contributed by atoms with Crippen molar-refractivity contribution in [3.63, 3.8) is 0 Å². The lowest BCUT2D eigenvalue weighted by atomic mass is 10.1. The number of aromatic nitrogens is 3. The quantitative estimate of drug-likeness (QED) is 0.308. The second kappa shape index (κ2) is 13.2. The molecule has 0 spiro atoms. The number of rotatable bonds is 13. The van der Waals surface area contributed by atoms with Crippen LogP contribution in [0.25, 0.3) is 5.69 Å². The van der Waals surface area contributed by atoms with Gasteiger partial charge in [0.25, 0.3) is 11.8 Å². The lowest BCUT2D eigenvalue weighted by molar-refractivity contribution is -0.127. The molecule has 1 aliphatic heterocycles. The maximum absolute atomic E-state index is 12.8. The van der Waals surface area contributed by atoms with Gasteiger partial charge < -0.3 is 15.5 Å². The number of nitrogens with zero attached hydrogens (tertiary/aromatic N) is 4.